The Balaban J connectivity index is 1.70. The van der Waals surface area contributed by atoms with E-state index in [4.69, 9.17) is 0 Å². The van der Waals surface area contributed by atoms with Gasteiger partial charge in [0.2, 0.25) is 5.91 Å². The maximum absolute atomic E-state index is 12.5. The molecule has 2 aromatic carbocycles. The van der Waals surface area contributed by atoms with Gasteiger partial charge in [-0.1, -0.05) is 42.5 Å². The lowest BCUT2D eigenvalue weighted by Gasteiger charge is -2.25. The molecule has 3 rings (SSSR count). The summed E-state index contributed by atoms with van der Waals surface area (Å²) in [6.07, 6.45) is 1.77. The summed E-state index contributed by atoms with van der Waals surface area (Å²) in [6.45, 7) is 2.32. The third-order valence-electron chi connectivity index (χ3n) is 4.55. The van der Waals surface area contributed by atoms with Crippen molar-refractivity contribution in [1.82, 2.24) is 14.5 Å². The molecule has 1 atom stereocenters. The van der Waals surface area contributed by atoms with Crippen molar-refractivity contribution in [3.8, 4) is 0 Å². The summed E-state index contributed by atoms with van der Waals surface area (Å²) in [5.41, 5.74) is 1.64. The Labute approximate surface area is 146 Å². The van der Waals surface area contributed by atoms with E-state index in [0.29, 0.717) is 17.4 Å². The normalized spacial score (nSPS) is 12.1. The first-order valence-electron chi connectivity index (χ1n) is 8.32. The fourth-order valence-electron chi connectivity index (χ4n) is 2.83. The Morgan fingerprint density at radius 1 is 1.12 bits per heavy atom. The van der Waals surface area contributed by atoms with E-state index < -0.39 is 0 Å². The zero-order valence-corrected chi connectivity index (χ0v) is 14.4. The molecule has 0 spiro atoms. The van der Waals surface area contributed by atoms with Gasteiger partial charge in [-0.05, 0) is 24.6 Å². The Morgan fingerprint density at radius 2 is 1.80 bits per heavy atom. The molecule has 0 aliphatic carbocycles. The summed E-state index contributed by atoms with van der Waals surface area (Å²) in [5, 5.41) is 0.573. The van der Waals surface area contributed by atoms with Crippen LogP contribution in [-0.2, 0) is 11.3 Å². The van der Waals surface area contributed by atoms with Gasteiger partial charge in [-0.3, -0.25) is 14.2 Å². The molecule has 1 heterocycles. The highest BCUT2D eigenvalue weighted by molar-refractivity contribution is 5.77. The number of hydrogen-bond donors (Lipinski definition) is 0. The third-order valence-corrected chi connectivity index (χ3v) is 4.55. The van der Waals surface area contributed by atoms with Gasteiger partial charge in [0.05, 0.1) is 23.3 Å². The van der Waals surface area contributed by atoms with E-state index in [9.17, 15) is 9.59 Å². The molecule has 0 saturated carbocycles. The van der Waals surface area contributed by atoms with E-state index in [2.05, 4.69) is 4.98 Å². The number of hydrogen-bond acceptors (Lipinski definition) is 3. The molecule has 128 valence electrons. The second kappa shape index (κ2) is 7.30. The van der Waals surface area contributed by atoms with Gasteiger partial charge in [-0.15, -0.1) is 0 Å². The number of benzene rings is 2. The van der Waals surface area contributed by atoms with Crippen molar-refractivity contribution in [2.24, 2.45) is 0 Å². The van der Waals surface area contributed by atoms with Crippen LogP contribution < -0.4 is 5.56 Å². The van der Waals surface area contributed by atoms with E-state index in [1.54, 1.807) is 18.0 Å². The van der Waals surface area contributed by atoms with Crippen LogP contribution in [0.2, 0.25) is 0 Å². The van der Waals surface area contributed by atoms with Crippen LogP contribution in [-0.4, -0.2) is 27.4 Å². The molecule has 0 aliphatic rings. The van der Waals surface area contributed by atoms with E-state index >= 15 is 0 Å². The van der Waals surface area contributed by atoms with Gasteiger partial charge < -0.3 is 4.90 Å². The monoisotopic (exact) mass is 335 g/mol. The van der Waals surface area contributed by atoms with Crippen molar-refractivity contribution in [1.29, 1.82) is 0 Å². The maximum Gasteiger partial charge on any atom is 0.261 e. The number of aromatic nitrogens is 2. The minimum absolute atomic E-state index is 0.00332. The van der Waals surface area contributed by atoms with Crippen molar-refractivity contribution >= 4 is 16.8 Å². The number of para-hydroxylation sites is 1. The number of amides is 1. The molecular formula is C20H21N3O2. The average molecular weight is 335 g/mol. The molecule has 0 fully saturated rings. The molecule has 25 heavy (non-hydrogen) atoms. The van der Waals surface area contributed by atoms with Crippen molar-refractivity contribution in [2.75, 3.05) is 7.05 Å². The number of nitrogens with zero attached hydrogens (tertiary/aromatic N) is 3. The van der Waals surface area contributed by atoms with Crippen LogP contribution in [0.1, 0.15) is 24.9 Å². The Hall–Kier alpha value is -2.95. The highest BCUT2D eigenvalue weighted by Gasteiger charge is 2.17. The molecule has 0 bridgehead atoms. The van der Waals surface area contributed by atoms with Gasteiger partial charge in [0.1, 0.15) is 0 Å². The summed E-state index contributed by atoms with van der Waals surface area (Å²) in [5.74, 6) is -0.00332. The van der Waals surface area contributed by atoms with Crippen molar-refractivity contribution in [3.05, 3.63) is 76.8 Å². The minimum atomic E-state index is -0.114. The summed E-state index contributed by atoms with van der Waals surface area (Å²) < 4.78 is 1.50. The number of fused-ring (bicyclic) bond motifs is 1. The molecule has 1 unspecified atom stereocenters. The van der Waals surface area contributed by atoms with Gasteiger partial charge in [-0.25, -0.2) is 4.98 Å². The van der Waals surface area contributed by atoms with Crippen LogP contribution in [0.4, 0.5) is 0 Å². The smallest absolute Gasteiger partial charge is 0.261 e. The molecule has 0 N–H and O–H groups in total. The van der Waals surface area contributed by atoms with Crippen LogP contribution in [0.15, 0.2) is 65.7 Å². The molecule has 3 aromatic rings. The largest absolute Gasteiger partial charge is 0.339 e. The zero-order valence-electron chi connectivity index (χ0n) is 14.4. The minimum Gasteiger partial charge on any atom is -0.339 e. The standard InChI is InChI=1S/C20H21N3O2/c1-15(16-8-4-3-5-9-16)22(2)19(24)12-13-23-14-21-18-11-7-6-10-17(18)20(23)25/h3-11,14-15H,12-13H2,1-2H3. The fraction of sp³-hybridized carbons (Fsp3) is 0.250. The summed E-state index contributed by atoms with van der Waals surface area (Å²) in [4.78, 5) is 31.0. The Bertz CT molecular complexity index is 934. The van der Waals surface area contributed by atoms with Crippen LogP contribution in [0.5, 0.6) is 0 Å². The van der Waals surface area contributed by atoms with E-state index in [1.807, 2.05) is 55.5 Å². The first-order valence-corrected chi connectivity index (χ1v) is 8.32. The van der Waals surface area contributed by atoms with Gasteiger partial charge in [0, 0.05) is 20.0 Å². The summed E-state index contributed by atoms with van der Waals surface area (Å²) in [6, 6.07) is 17.1. The second-order valence-electron chi connectivity index (χ2n) is 6.10. The first-order chi connectivity index (χ1) is 12.1. The number of aryl methyl sites for hydroxylation is 1. The molecule has 1 aromatic heterocycles. The number of carbonyl (C=O) groups is 1. The van der Waals surface area contributed by atoms with Crippen molar-refractivity contribution in [2.45, 2.75) is 25.9 Å². The summed E-state index contributed by atoms with van der Waals surface area (Å²) in [7, 11) is 1.79. The predicted octanol–water partition coefficient (Wildman–Crippen LogP) is 3.01. The molecule has 0 aliphatic heterocycles. The third kappa shape index (κ3) is 3.60. The van der Waals surface area contributed by atoms with Crippen LogP contribution in [0.25, 0.3) is 10.9 Å². The topological polar surface area (TPSA) is 55.2 Å². The molecule has 5 nitrogen and oxygen atoms in total. The van der Waals surface area contributed by atoms with Gasteiger partial charge >= 0.3 is 0 Å². The van der Waals surface area contributed by atoms with E-state index in [0.717, 1.165) is 5.56 Å². The van der Waals surface area contributed by atoms with E-state index in [1.165, 1.54) is 10.9 Å². The molecule has 0 saturated heterocycles. The first kappa shape index (κ1) is 16.9. The highest BCUT2D eigenvalue weighted by Crippen LogP contribution is 2.18. The van der Waals surface area contributed by atoms with Crippen LogP contribution in [0, 0.1) is 0 Å². The highest BCUT2D eigenvalue weighted by atomic mass is 16.2. The number of carbonyl (C=O) groups excluding carboxylic acids is 1. The van der Waals surface area contributed by atoms with Crippen molar-refractivity contribution in [3.63, 3.8) is 0 Å². The predicted molar refractivity (Wildman–Crippen MR) is 98.2 cm³/mol. The lowest BCUT2D eigenvalue weighted by molar-refractivity contribution is -0.132. The van der Waals surface area contributed by atoms with Crippen LogP contribution in [0.3, 0.4) is 0 Å². The zero-order chi connectivity index (χ0) is 17.8. The Kier molecular flexibility index (Phi) is 4.93. The summed E-state index contributed by atoms with van der Waals surface area (Å²) >= 11 is 0. The van der Waals surface area contributed by atoms with Crippen LogP contribution >= 0.6 is 0 Å². The molecule has 1 amide bonds. The average Bonchev–Trinajstić information content (AvgIpc) is 2.67. The van der Waals surface area contributed by atoms with Crippen molar-refractivity contribution < 1.29 is 4.79 Å². The van der Waals surface area contributed by atoms with Gasteiger partial charge in [-0.2, -0.15) is 0 Å². The second-order valence-corrected chi connectivity index (χ2v) is 6.10. The Morgan fingerprint density at radius 3 is 2.56 bits per heavy atom. The lowest BCUT2D eigenvalue weighted by atomic mass is 10.1. The SMILES string of the molecule is CC(c1ccccc1)N(C)C(=O)CCn1cnc2ccccc2c1=O. The van der Waals surface area contributed by atoms with E-state index in [-0.39, 0.29) is 23.9 Å². The molecular weight excluding hydrogens is 314 g/mol. The quantitative estimate of drug-likeness (QED) is 0.720. The lowest BCUT2D eigenvalue weighted by Crippen LogP contribution is -2.31. The maximum atomic E-state index is 12.5. The van der Waals surface area contributed by atoms with Gasteiger partial charge in [0.25, 0.3) is 5.56 Å². The molecule has 0 radical (unpaired) electrons. The number of rotatable bonds is 5. The fourth-order valence-corrected chi connectivity index (χ4v) is 2.83. The molecule has 5 heteroatoms. The van der Waals surface area contributed by atoms with Gasteiger partial charge in [0.15, 0.2) is 0 Å².